The standard InChI is InChI=1S/C25H34N4O4S/c30-25(26-18-21-5-4-16-33-21)19-10-14-28(15-11-19)24-9-6-20-17-22(7-8-23(20)27-24)34(31,32)29-12-2-1-3-13-29/h6-9,17,19,21H,1-5,10-16,18H2,(H,26,30)/t21-/m1/s1. The molecule has 3 aliphatic heterocycles. The van der Waals surface area contributed by atoms with E-state index in [0.29, 0.717) is 24.5 Å². The number of anilines is 1. The second-order valence-electron chi connectivity index (χ2n) is 9.63. The number of nitrogens with zero attached hydrogens (tertiary/aromatic N) is 3. The van der Waals surface area contributed by atoms with Crippen LogP contribution in [-0.4, -0.2) is 69.0 Å². The summed E-state index contributed by atoms with van der Waals surface area (Å²) in [7, 11) is -3.46. The molecule has 5 rings (SSSR count). The highest BCUT2D eigenvalue weighted by molar-refractivity contribution is 7.89. The number of hydrogen-bond acceptors (Lipinski definition) is 6. The monoisotopic (exact) mass is 486 g/mol. The van der Waals surface area contributed by atoms with Crippen LogP contribution in [0.2, 0.25) is 0 Å². The molecular weight excluding hydrogens is 452 g/mol. The molecule has 0 aliphatic carbocycles. The molecule has 9 heteroatoms. The molecule has 4 heterocycles. The first-order valence-corrected chi connectivity index (χ1v) is 14.0. The van der Waals surface area contributed by atoms with E-state index in [1.54, 1.807) is 22.5 Å². The third-order valence-electron chi connectivity index (χ3n) is 7.32. The van der Waals surface area contributed by atoms with E-state index < -0.39 is 10.0 Å². The van der Waals surface area contributed by atoms with Crippen LogP contribution in [0.4, 0.5) is 5.82 Å². The number of piperidine rings is 2. The zero-order chi connectivity index (χ0) is 23.5. The molecule has 1 aromatic heterocycles. The van der Waals surface area contributed by atoms with Crippen LogP contribution in [0.1, 0.15) is 44.9 Å². The van der Waals surface area contributed by atoms with Crippen LogP contribution in [0, 0.1) is 5.92 Å². The van der Waals surface area contributed by atoms with E-state index in [-0.39, 0.29) is 17.9 Å². The molecule has 1 aromatic carbocycles. The van der Waals surface area contributed by atoms with Crippen LogP contribution >= 0.6 is 0 Å². The molecule has 3 aliphatic rings. The van der Waals surface area contributed by atoms with Crippen LogP contribution in [-0.2, 0) is 19.6 Å². The van der Waals surface area contributed by atoms with E-state index in [1.807, 2.05) is 12.1 Å². The van der Waals surface area contributed by atoms with Crippen molar-refractivity contribution < 1.29 is 17.9 Å². The van der Waals surface area contributed by atoms with E-state index in [9.17, 15) is 13.2 Å². The first-order chi connectivity index (χ1) is 16.5. The van der Waals surface area contributed by atoms with Gasteiger partial charge in [-0.15, -0.1) is 0 Å². The molecule has 0 spiro atoms. The number of aromatic nitrogens is 1. The number of ether oxygens (including phenoxy) is 1. The van der Waals surface area contributed by atoms with Gasteiger partial charge in [0.25, 0.3) is 0 Å². The van der Waals surface area contributed by atoms with Gasteiger partial charge in [0.15, 0.2) is 0 Å². The Morgan fingerprint density at radius 3 is 2.53 bits per heavy atom. The molecule has 3 fully saturated rings. The van der Waals surface area contributed by atoms with E-state index in [1.165, 1.54) is 0 Å². The molecule has 1 N–H and O–H groups in total. The molecule has 1 amide bonds. The minimum absolute atomic E-state index is 0.0284. The summed E-state index contributed by atoms with van der Waals surface area (Å²) in [4.78, 5) is 19.9. The maximum atomic E-state index is 13.0. The molecule has 0 unspecified atom stereocenters. The number of amides is 1. The topological polar surface area (TPSA) is 91.8 Å². The summed E-state index contributed by atoms with van der Waals surface area (Å²) >= 11 is 0. The lowest BCUT2D eigenvalue weighted by molar-refractivity contribution is -0.126. The summed E-state index contributed by atoms with van der Waals surface area (Å²) in [5.41, 5.74) is 0.784. The van der Waals surface area contributed by atoms with E-state index in [4.69, 9.17) is 9.72 Å². The van der Waals surface area contributed by atoms with Crippen molar-refractivity contribution in [3.05, 3.63) is 30.3 Å². The first kappa shape index (κ1) is 23.5. The average Bonchev–Trinajstić information content (AvgIpc) is 3.41. The first-order valence-electron chi connectivity index (χ1n) is 12.6. The van der Waals surface area contributed by atoms with Crippen molar-refractivity contribution >= 4 is 32.7 Å². The van der Waals surface area contributed by atoms with Gasteiger partial charge in [0.1, 0.15) is 5.82 Å². The number of rotatable bonds is 6. The lowest BCUT2D eigenvalue weighted by Gasteiger charge is -2.32. The average molecular weight is 487 g/mol. The number of fused-ring (bicyclic) bond motifs is 1. The highest BCUT2D eigenvalue weighted by Gasteiger charge is 2.28. The Labute approximate surface area is 201 Å². The largest absolute Gasteiger partial charge is 0.376 e. The molecule has 34 heavy (non-hydrogen) atoms. The summed E-state index contributed by atoms with van der Waals surface area (Å²) < 4.78 is 33.2. The number of hydrogen-bond donors (Lipinski definition) is 1. The van der Waals surface area contributed by atoms with Gasteiger partial charge in [0.05, 0.1) is 16.5 Å². The SMILES string of the molecule is O=C(NC[C@H]1CCCO1)C1CCN(c2ccc3cc(S(=O)(=O)N4CCCCC4)ccc3n2)CC1. The summed E-state index contributed by atoms with van der Waals surface area (Å²) in [5.74, 6) is 1.03. The van der Waals surface area contributed by atoms with Crippen molar-refractivity contribution in [1.82, 2.24) is 14.6 Å². The van der Waals surface area contributed by atoms with Crippen LogP contribution in [0.25, 0.3) is 10.9 Å². The minimum atomic E-state index is -3.46. The van der Waals surface area contributed by atoms with Gasteiger partial charge in [-0.2, -0.15) is 4.31 Å². The van der Waals surface area contributed by atoms with Crippen LogP contribution in [0.15, 0.2) is 35.2 Å². The molecule has 3 saturated heterocycles. The van der Waals surface area contributed by atoms with Gasteiger partial charge in [0.2, 0.25) is 15.9 Å². The number of carbonyl (C=O) groups is 1. The summed E-state index contributed by atoms with van der Waals surface area (Å²) in [5, 5.41) is 3.89. The van der Waals surface area contributed by atoms with Crippen molar-refractivity contribution in [3.63, 3.8) is 0 Å². The molecule has 8 nitrogen and oxygen atoms in total. The second-order valence-corrected chi connectivity index (χ2v) is 11.6. The van der Waals surface area contributed by atoms with Crippen molar-refractivity contribution in [3.8, 4) is 0 Å². The number of carbonyl (C=O) groups excluding carboxylic acids is 1. The number of pyridine rings is 1. The Morgan fingerprint density at radius 1 is 1.00 bits per heavy atom. The molecule has 2 aromatic rings. The molecule has 0 saturated carbocycles. The predicted molar refractivity (Wildman–Crippen MR) is 131 cm³/mol. The Morgan fingerprint density at radius 2 is 1.79 bits per heavy atom. The van der Waals surface area contributed by atoms with E-state index in [0.717, 1.165) is 81.4 Å². The summed E-state index contributed by atoms with van der Waals surface area (Å²) in [6.45, 7) is 4.16. The van der Waals surface area contributed by atoms with Crippen LogP contribution in [0.5, 0.6) is 0 Å². The van der Waals surface area contributed by atoms with Crippen molar-refractivity contribution in [1.29, 1.82) is 0 Å². The van der Waals surface area contributed by atoms with Gasteiger partial charge in [0, 0.05) is 50.6 Å². The molecule has 0 bridgehead atoms. The summed E-state index contributed by atoms with van der Waals surface area (Å²) in [6, 6.07) is 9.13. The summed E-state index contributed by atoms with van der Waals surface area (Å²) in [6.07, 6.45) is 6.80. The third-order valence-corrected chi connectivity index (χ3v) is 9.21. The predicted octanol–water partition coefficient (Wildman–Crippen LogP) is 2.92. The van der Waals surface area contributed by atoms with Gasteiger partial charge >= 0.3 is 0 Å². The van der Waals surface area contributed by atoms with Gasteiger partial charge in [-0.05, 0) is 68.9 Å². The molecule has 0 radical (unpaired) electrons. The van der Waals surface area contributed by atoms with Crippen LogP contribution in [0.3, 0.4) is 0 Å². The normalized spacial score (nSPS) is 22.8. The number of sulfonamides is 1. The third kappa shape index (κ3) is 5.06. The van der Waals surface area contributed by atoms with Gasteiger partial charge in [-0.25, -0.2) is 13.4 Å². The zero-order valence-corrected chi connectivity index (χ0v) is 20.4. The number of benzene rings is 1. The highest BCUT2D eigenvalue weighted by Crippen LogP contribution is 2.27. The second kappa shape index (κ2) is 10.2. The van der Waals surface area contributed by atoms with E-state index in [2.05, 4.69) is 10.2 Å². The smallest absolute Gasteiger partial charge is 0.243 e. The van der Waals surface area contributed by atoms with Gasteiger partial charge in [-0.3, -0.25) is 4.79 Å². The molecule has 1 atom stereocenters. The Bertz CT molecular complexity index is 1120. The van der Waals surface area contributed by atoms with Crippen molar-refractivity contribution in [2.45, 2.75) is 55.9 Å². The van der Waals surface area contributed by atoms with Crippen LogP contribution < -0.4 is 10.2 Å². The maximum absolute atomic E-state index is 13.0. The maximum Gasteiger partial charge on any atom is 0.243 e. The lowest BCUT2D eigenvalue weighted by Crippen LogP contribution is -2.42. The lowest BCUT2D eigenvalue weighted by atomic mass is 9.95. The van der Waals surface area contributed by atoms with E-state index >= 15 is 0 Å². The van der Waals surface area contributed by atoms with Crippen molar-refractivity contribution in [2.75, 3.05) is 44.2 Å². The Balaban J connectivity index is 1.21. The molecular formula is C25H34N4O4S. The fourth-order valence-corrected chi connectivity index (χ4v) is 6.77. The quantitative estimate of drug-likeness (QED) is 0.675. The molecule has 184 valence electrons. The highest BCUT2D eigenvalue weighted by atomic mass is 32.2. The Hall–Kier alpha value is -2.23. The zero-order valence-electron chi connectivity index (χ0n) is 19.6. The van der Waals surface area contributed by atoms with Gasteiger partial charge in [-0.1, -0.05) is 6.42 Å². The minimum Gasteiger partial charge on any atom is -0.376 e. The fourth-order valence-electron chi connectivity index (χ4n) is 5.22. The van der Waals surface area contributed by atoms with Crippen molar-refractivity contribution in [2.24, 2.45) is 5.92 Å². The fraction of sp³-hybridized carbons (Fsp3) is 0.600. The Kier molecular flexibility index (Phi) is 7.04. The van der Waals surface area contributed by atoms with Gasteiger partial charge < -0.3 is 15.0 Å². The number of nitrogens with one attached hydrogen (secondary N) is 1.